The number of hydrogen-bond acceptors (Lipinski definition) is 4. The summed E-state index contributed by atoms with van der Waals surface area (Å²) in [4.78, 5) is 26.0. The molecule has 100 valence electrons. The predicted octanol–water partition coefficient (Wildman–Crippen LogP) is 0.0524. The minimum Gasteiger partial charge on any atom is -0.384 e. The van der Waals surface area contributed by atoms with E-state index in [-0.39, 0.29) is 18.4 Å². The molecular weight excluding hydrogens is 264 g/mol. The number of likely N-dealkylation sites (N-methyl/N-ethyl adjacent to an activating group) is 1. The van der Waals surface area contributed by atoms with Crippen molar-refractivity contribution in [2.45, 2.75) is 12.5 Å². The monoisotopic (exact) mass is 278 g/mol. The van der Waals surface area contributed by atoms with E-state index in [1.54, 1.807) is 23.4 Å². The summed E-state index contributed by atoms with van der Waals surface area (Å²) in [6.07, 6.45) is 0.641. The highest BCUT2D eigenvalue weighted by molar-refractivity contribution is 7.10. The van der Waals surface area contributed by atoms with Gasteiger partial charge in [-0.25, -0.2) is 0 Å². The molecule has 2 rings (SSSR count). The van der Waals surface area contributed by atoms with Crippen molar-refractivity contribution in [1.82, 2.24) is 10.2 Å². The molecule has 0 bridgehead atoms. The topological polar surface area (TPSA) is 69.6 Å². The Morgan fingerprint density at radius 2 is 2.47 bits per heavy atom. The fraction of sp³-hybridized carbons (Fsp3) is 0.385. The Bertz CT molecular complexity index is 556. The van der Waals surface area contributed by atoms with Crippen LogP contribution in [0.3, 0.4) is 0 Å². The molecule has 6 heteroatoms. The minimum absolute atomic E-state index is 0.0520. The molecule has 0 aromatic carbocycles. The number of aliphatic hydroxyl groups is 1. The molecule has 2 heterocycles. The maximum atomic E-state index is 12.0. The number of rotatable bonds is 2. The largest absolute Gasteiger partial charge is 0.384 e. The lowest BCUT2D eigenvalue weighted by atomic mass is 10.2. The van der Waals surface area contributed by atoms with Gasteiger partial charge in [-0.15, -0.1) is 11.3 Å². The number of carbonyl (C=O) groups is 2. The minimum atomic E-state index is -0.427. The Balaban J connectivity index is 2.00. The molecule has 1 aromatic heterocycles. The van der Waals surface area contributed by atoms with Gasteiger partial charge in [0, 0.05) is 19.0 Å². The van der Waals surface area contributed by atoms with Crippen LogP contribution in [0, 0.1) is 11.8 Å². The average Bonchev–Trinajstić information content (AvgIpc) is 2.98. The van der Waals surface area contributed by atoms with E-state index in [4.69, 9.17) is 5.11 Å². The molecule has 0 aliphatic carbocycles. The second kappa shape index (κ2) is 5.87. The first-order chi connectivity index (χ1) is 9.11. The molecule has 1 atom stereocenters. The maximum Gasteiger partial charge on any atom is 0.252 e. The number of amides is 2. The number of likely N-dealkylation sites (tertiary alicyclic amines) is 1. The first-order valence-electron chi connectivity index (χ1n) is 5.86. The van der Waals surface area contributed by atoms with Gasteiger partial charge in [0.25, 0.3) is 5.91 Å². The van der Waals surface area contributed by atoms with Crippen molar-refractivity contribution >= 4 is 23.2 Å². The molecule has 1 saturated heterocycles. The summed E-state index contributed by atoms with van der Waals surface area (Å²) in [5.74, 6) is 4.95. The number of thiophene rings is 1. The van der Waals surface area contributed by atoms with E-state index in [0.29, 0.717) is 23.4 Å². The van der Waals surface area contributed by atoms with E-state index < -0.39 is 6.04 Å². The molecule has 1 unspecified atom stereocenters. The first kappa shape index (κ1) is 13.6. The van der Waals surface area contributed by atoms with E-state index in [0.717, 1.165) is 0 Å². The molecular formula is C13H14N2O3S. The molecule has 0 saturated carbocycles. The number of carbonyl (C=O) groups excluding carboxylic acids is 2. The summed E-state index contributed by atoms with van der Waals surface area (Å²) in [6, 6.07) is 1.23. The molecule has 2 N–H and O–H groups in total. The highest BCUT2D eigenvalue weighted by atomic mass is 32.1. The molecule has 1 fully saturated rings. The van der Waals surface area contributed by atoms with Crippen LogP contribution >= 0.6 is 11.3 Å². The fourth-order valence-corrected chi connectivity index (χ4v) is 2.60. The lowest BCUT2D eigenvalue weighted by molar-refractivity contribution is -0.128. The zero-order chi connectivity index (χ0) is 13.8. The fourth-order valence-electron chi connectivity index (χ4n) is 1.85. The van der Waals surface area contributed by atoms with Crippen molar-refractivity contribution in [3.63, 3.8) is 0 Å². The number of hydrogen-bond donors (Lipinski definition) is 2. The summed E-state index contributed by atoms with van der Waals surface area (Å²) < 4.78 is 0. The Labute approximate surface area is 115 Å². The van der Waals surface area contributed by atoms with E-state index in [2.05, 4.69) is 17.2 Å². The third kappa shape index (κ3) is 3.13. The third-order valence-electron chi connectivity index (χ3n) is 2.89. The highest BCUT2D eigenvalue weighted by Gasteiger charge is 2.30. The van der Waals surface area contributed by atoms with Crippen LogP contribution in [-0.4, -0.2) is 48.1 Å². The number of aliphatic hydroxyl groups excluding tert-OH is 1. The van der Waals surface area contributed by atoms with Crippen molar-refractivity contribution in [3.8, 4) is 11.8 Å². The Morgan fingerprint density at radius 1 is 1.68 bits per heavy atom. The lowest BCUT2D eigenvalue weighted by Crippen LogP contribution is -2.40. The molecule has 19 heavy (non-hydrogen) atoms. The quantitative estimate of drug-likeness (QED) is 0.751. The standard InChI is InChI=1S/C13H14N2O3S/c1-15-5-4-11(13(15)18)14-12(17)9-7-10(19-8-9)3-2-6-16/h7-8,11,16H,4-6H2,1H3,(H,14,17). The van der Waals surface area contributed by atoms with Crippen LogP contribution < -0.4 is 5.32 Å². The third-order valence-corrected chi connectivity index (χ3v) is 3.73. The van der Waals surface area contributed by atoms with Crippen molar-refractivity contribution < 1.29 is 14.7 Å². The van der Waals surface area contributed by atoms with Gasteiger partial charge in [0.1, 0.15) is 12.6 Å². The summed E-state index contributed by atoms with van der Waals surface area (Å²) in [7, 11) is 1.72. The Kier molecular flexibility index (Phi) is 4.20. The van der Waals surface area contributed by atoms with E-state index in [1.165, 1.54) is 11.3 Å². The zero-order valence-corrected chi connectivity index (χ0v) is 11.3. The highest BCUT2D eigenvalue weighted by Crippen LogP contribution is 2.15. The van der Waals surface area contributed by atoms with E-state index >= 15 is 0 Å². The van der Waals surface area contributed by atoms with Crippen LogP contribution in [0.1, 0.15) is 21.7 Å². The number of nitrogens with one attached hydrogen (secondary N) is 1. The van der Waals surface area contributed by atoms with Crippen LogP contribution in [-0.2, 0) is 4.79 Å². The van der Waals surface area contributed by atoms with Gasteiger partial charge >= 0.3 is 0 Å². The summed E-state index contributed by atoms with van der Waals surface area (Å²) in [5, 5.41) is 13.0. The van der Waals surface area contributed by atoms with E-state index in [9.17, 15) is 9.59 Å². The van der Waals surface area contributed by atoms with Crippen LogP contribution in [0.2, 0.25) is 0 Å². The van der Waals surface area contributed by atoms with Gasteiger partial charge < -0.3 is 15.3 Å². The van der Waals surface area contributed by atoms with Crippen LogP contribution in [0.5, 0.6) is 0 Å². The smallest absolute Gasteiger partial charge is 0.252 e. The second-order valence-corrected chi connectivity index (χ2v) is 5.15. The Morgan fingerprint density at radius 3 is 3.11 bits per heavy atom. The molecule has 2 amide bonds. The van der Waals surface area contributed by atoms with Crippen LogP contribution in [0.15, 0.2) is 11.4 Å². The lowest BCUT2D eigenvalue weighted by Gasteiger charge is -2.11. The van der Waals surface area contributed by atoms with Crippen molar-refractivity contribution in [1.29, 1.82) is 0 Å². The molecule has 1 aliphatic heterocycles. The van der Waals surface area contributed by atoms with Gasteiger partial charge in [0.05, 0.1) is 10.4 Å². The van der Waals surface area contributed by atoms with Crippen molar-refractivity contribution in [2.75, 3.05) is 20.2 Å². The second-order valence-electron chi connectivity index (χ2n) is 4.23. The summed E-state index contributed by atoms with van der Waals surface area (Å²) in [5.41, 5.74) is 0.495. The maximum absolute atomic E-state index is 12.0. The van der Waals surface area contributed by atoms with Gasteiger partial charge in [0.15, 0.2) is 0 Å². The zero-order valence-electron chi connectivity index (χ0n) is 10.5. The van der Waals surface area contributed by atoms with Crippen molar-refractivity contribution in [3.05, 3.63) is 21.9 Å². The Hall–Kier alpha value is -1.84. The van der Waals surface area contributed by atoms with Crippen LogP contribution in [0.4, 0.5) is 0 Å². The van der Waals surface area contributed by atoms with Crippen molar-refractivity contribution in [2.24, 2.45) is 0 Å². The summed E-state index contributed by atoms with van der Waals surface area (Å²) in [6.45, 7) is 0.461. The molecule has 0 spiro atoms. The van der Waals surface area contributed by atoms with Gasteiger partial charge in [0.2, 0.25) is 5.91 Å². The molecule has 1 aliphatic rings. The van der Waals surface area contributed by atoms with Gasteiger partial charge in [-0.2, -0.15) is 0 Å². The molecule has 5 nitrogen and oxygen atoms in total. The molecule has 1 aromatic rings. The van der Waals surface area contributed by atoms with Crippen LogP contribution in [0.25, 0.3) is 0 Å². The predicted molar refractivity (Wildman–Crippen MR) is 71.8 cm³/mol. The SMILES string of the molecule is CN1CCC(NC(=O)c2csc(C#CCO)c2)C1=O. The van der Waals surface area contributed by atoms with Gasteiger partial charge in [-0.1, -0.05) is 11.8 Å². The first-order valence-corrected chi connectivity index (χ1v) is 6.74. The van der Waals surface area contributed by atoms with E-state index in [1.807, 2.05) is 0 Å². The molecule has 0 radical (unpaired) electrons. The van der Waals surface area contributed by atoms with Gasteiger partial charge in [-0.3, -0.25) is 9.59 Å². The number of nitrogens with zero attached hydrogens (tertiary/aromatic N) is 1. The normalized spacial score (nSPS) is 18.1. The summed E-state index contributed by atoms with van der Waals surface area (Å²) >= 11 is 1.34. The average molecular weight is 278 g/mol. The van der Waals surface area contributed by atoms with Gasteiger partial charge in [-0.05, 0) is 12.5 Å².